The molecule has 1 saturated carbocycles. The largest absolute Gasteiger partial charge is 0.480 e. The fourth-order valence-electron chi connectivity index (χ4n) is 2.03. The van der Waals surface area contributed by atoms with E-state index in [0.717, 1.165) is 12.8 Å². The van der Waals surface area contributed by atoms with Gasteiger partial charge in [-0.05, 0) is 37.1 Å². The number of aliphatic carboxylic acids is 1. The second-order valence-corrected chi connectivity index (χ2v) is 5.02. The summed E-state index contributed by atoms with van der Waals surface area (Å²) in [6, 6.07) is 6.39. The number of carbonyl (C=O) groups excluding carboxylic acids is 2. The van der Waals surface area contributed by atoms with Crippen molar-refractivity contribution in [2.24, 2.45) is 5.73 Å². The van der Waals surface area contributed by atoms with E-state index in [2.05, 4.69) is 5.32 Å². The van der Waals surface area contributed by atoms with E-state index in [1.165, 1.54) is 12.1 Å². The number of hydrogen-bond acceptors (Lipinski definition) is 4. The number of nitrogens with one attached hydrogen (secondary N) is 1. The fraction of sp³-hybridized carbons (Fsp3) is 0.357. The highest BCUT2D eigenvalue weighted by Gasteiger charge is 2.31. The van der Waals surface area contributed by atoms with Crippen LogP contribution < -0.4 is 11.1 Å². The Bertz CT molecular complexity index is 552. The van der Waals surface area contributed by atoms with Crippen LogP contribution in [0.5, 0.6) is 0 Å². The first-order chi connectivity index (χ1) is 9.95. The molecule has 1 fully saturated rings. The summed E-state index contributed by atoms with van der Waals surface area (Å²) < 4.78 is 0. The lowest BCUT2D eigenvalue weighted by Crippen LogP contribution is -2.38. The van der Waals surface area contributed by atoms with Gasteiger partial charge >= 0.3 is 5.97 Å². The Hall–Kier alpha value is -2.41. The van der Waals surface area contributed by atoms with E-state index < -0.39 is 11.9 Å². The predicted molar refractivity (Wildman–Crippen MR) is 75.8 cm³/mol. The van der Waals surface area contributed by atoms with Gasteiger partial charge in [0.25, 0.3) is 0 Å². The van der Waals surface area contributed by atoms with Gasteiger partial charge in [-0.25, -0.2) is 0 Å². The third kappa shape index (κ3) is 4.57. The Balaban J connectivity index is 1.90. The van der Waals surface area contributed by atoms with Crippen molar-refractivity contribution in [2.45, 2.75) is 18.9 Å². The SMILES string of the molecule is NC(=O)c1ccc(NC(=O)CN(CC(=O)O)C2CC2)cc1. The van der Waals surface area contributed by atoms with Gasteiger partial charge in [-0.2, -0.15) is 0 Å². The topological polar surface area (TPSA) is 113 Å². The van der Waals surface area contributed by atoms with Crippen LogP contribution in [0.3, 0.4) is 0 Å². The van der Waals surface area contributed by atoms with Crippen molar-refractivity contribution in [1.82, 2.24) is 4.90 Å². The van der Waals surface area contributed by atoms with Crippen molar-refractivity contribution < 1.29 is 19.5 Å². The van der Waals surface area contributed by atoms with Crippen LogP contribution in [0.2, 0.25) is 0 Å². The number of hydrogen-bond donors (Lipinski definition) is 3. The first-order valence-corrected chi connectivity index (χ1v) is 6.61. The molecule has 0 spiro atoms. The standard InChI is InChI=1S/C14H17N3O4/c15-14(21)9-1-3-10(4-2-9)16-12(18)7-17(8-13(19)20)11-5-6-11/h1-4,11H,5-8H2,(H2,15,21)(H,16,18)(H,19,20). The Labute approximate surface area is 121 Å². The zero-order valence-electron chi connectivity index (χ0n) is 11.4. The number of carboxylic acids is 1. The molecule has 0 aliphatic heterocycles. The van der Waals surface area contributed by atoms with Crippen molar-refractivity contribution in [2.75, 3.05) is 18.4 Å². The second-order valence-electron chi connectivity index (χ2n) is 5.02. The molecule has 1 aromatic carbocycles. The third-order valence-electron chi connectivity index (χ3n) is 3.20. The molecular weight excluding hydrogens is 274 g/mol. The normalized spacial score (nSPS) is 14.0. The van der Waals surface area contributed by atoms with E-state index in [1.807, 2.05) is 0 Å². The first-order valence-electron chi connectivity index (χ1n) is 6.61. The summed E-state index contributed by atoms with van der Waals surface area (Å²) in [5, 5.41) is 11.5. The van der Waals surface area contributed by atoms with Gasteiger partial charge < -0.3 is 16.2 Å². The molecule has 7 heteroatoms. The van der Waals surface area contributed by atoms with E-state index in [-0.39, 0.29) is 25.0 Å². The third-order valence-corrected chi connectivity index (χ3v) is 3.20. The van der Waals surface area contributed by atoms with Gasteiger partial charge in [0.15, 0.2) is 0 Å². The predicted octanol–water partition coefficient (Wildman–Crippen LogP) is 0.273. The van der Waals surface area contributed by atoms with E-state index >= 15 is 0 Å². The maximum absolute atomic E-state index is 11.9. The summed E-state index contributed by atoms with van der Waals surface area (Å²) >= 11 is 0. The monoisotopic (exact) mass is 291 g/mol. The van der Waals surface area contributed by atoms with E-state index in [4.69, 9.17) is 10.8 Å². The Morgan fingerprint density at radius 3 is 2.29 bits per heavy atom. The first kappa shape index (κ1) is 15.0. The van der Waals surface area contributed by atoms with Crippen LogP contribution in [0.1, 0.15) is 23.2 Å². The number of rotatable bonds is 7. The molecule has 2 rings (SSSR count). The van der Waals surface area contributed by atoms with Crippen molar-refractivity contribution in [3.05, 3.63) is 29.8 Å². The Morgan fingerprint density at radius 2 is 1.81 bits per heavy atom. The molecular formula is C14H17N3O4. The molecule has 2 amide bonds. The Kier molecular flexibility index (Phi) is 4.54. The van der Waals surface area contributed by atoms with Gasteiger partial charge in [-0.3, -0.25) is 19.3 Å². The number of amides is 2. The molecule has 1 aliphatic carbocycles. The van der Waals surface area contributed by atoms with Gasteiger partial charge in [-0.1, -0.05) is 0 Å². The zero-order valence-corrected chi connectivity index (χ0v) is 11.4. The summed E-state index contributed by atoms with van der Waals surface area (Å²) in [5.41, 5.74) is 6.03. The number of nitrogens with two attached hydrogens (primary N) is 1. The molecule has 21 heavy (non-hydrogen) atoms. The molecule has 4 N–H and O–H groups in total. The molecule has 0 bridgehead atoms. The van der Waals surface area contributed by atoms with Crippen molar-refractivity contribution in [1.29, 1.82) is 0 Å². The van der Waals surface area contributed by atoms with E-state index in [1.54, 1.807) is 17.0 Å². The Morgan fingerprint density at radius 1 is 1.19 bits per heavy atom. The average Bonchev–Trinajstić information content (AvgIpc) is 3.22. The molecule has 0 aromatic heterocycles. The lowest BCUT2D eigenvalue weighted by atomic mass is 10.2. The smallest absolute Gasteiger partial charge is 0.317 e. The highest BCUT2D eigenvalue weighted by Crippen LogP contribution is 2.26. The van der Waals surface area contributed by atoms with Crippen LogP contribution in [-0.4, -0.2) is 46.9 Å². The number of nitrogens with zero attached hydrogens (tertiary/aromatic N) is 1. The molecule has 7 nitrogen and oxygen atoms in total. The lowest BCUT2D eigenvalue weighted by Gasteiger charge is -2.18. The summed E-state index contributed by atoms with van der Waals surface area (Å²) in [6.45, 7) is -0.104. The zero-order chi connectivity index (χ0) is 15.4. The lowest BCUT2D eigenvalue weighted by molar-refractivity contribution is -0.138. The van der Waals surface area contributed by atoms with Crippen LogP contribution in [0, 0.1) is 0 Å². The van der Waals surface area contributed by atoms with Gasteiger partial charge in [0.05, 0.1) is 13.1 Å². The molecule has 112 valence electrons. The van der Waals surface area contributed by atoms with Crippen LogP contribution in [0.15, 0.2) is 24.3 Å². The summed E-state index contributed by atoms with van der Waals surface area (Å²) in [6.07, 6.45) is 1.85. The molecule has 1 aliphatic rings. The van der Waals surface area contributed by atoms with Crippen LogP contribution in [0.25, 0.3) is 0 Å². The van der Waals surface area contributed by atoms with Gasteiger partial charge in [-0.15, -0.1) is 0 Å². The van der Waals surface area contributed by atoms with Crippen LogP contribution >= 0.6 is 0 Å². The van der Waals surface area contributed by atoms with Crippen LogP contribution in [-0.2, 0) is 9.59 Å². The van der Waals surface area contributed by atoms with Gasteiger partial charge in [0.1, 0.15) is 0 Å². The average molecular weight is 291 g/mol. The summed E-state index contributed by atoms with van der Waals surface area (Å²) in [7, 11) is 0. The number of carboxylic acid groups (broad SMARTS) is 1. The van der Waals surface area contributed by atoms with Crippen molar-refractivity contribution >= 4 is 23.5 Å². The fourth-order valence-corrected chi connectivity index (χ4v) is 2.03. The number of anilines is 1. The van der Waals surface area contributed by atoms with Crippen LogP contribution in [0.4, 0.5) is 5.69 Å². The minimum absolute atomic E-state index is 0.0362. The highest BCUT2D eigenvalue weighted by atomic mass is 16.4. The number of carbonyl (C=O) groups is 3. The van der Waals surface area contributed by atoms with Crippen molar-refractivity contribution in [3.63, 3.8) is 0 Å². The molecule has 1 aromatic rings. The van der Waals surface area contributed by atoms with Gasteiger partial charge in [0.2, 0.25) is 11.8 Å². The minimum atomic E-state index is -0.944. The van der Waals surface area contributed by atoms with E-state index in [0.29, 0.717) is 11.3 Å². The molecule has 0 heterocycles. The quantitative estimate of drug-likeness (QED) is 0.667. The number of benzene rings is 1. The molecule has 0 radical (unpaired) electrons. The molecule has 0 saturated heterocycles. The van der Waals surface area contributed by atoms with E-state index in [9.17, 15) is 14.4 Å². The molecule has 0 unspecified atom stereocenters. The minimum Gasteiger partial charge on any atom is -0.480 e. The molecule has 0 atom stereocenters. The maximum Gasteiger partial charge on any atom is 0.317 e. The maximum atomic E-state index is 11.9. The summed E-state index contributed by atoms with van der Waals surface area (Å²) in [4.78, 5) is 35.3. The van der Waals surface area contributed by atoms with Crippen molar-refractivity contribution in [3.8, 4) is 0 Å². The second kappa shape index (κ2) is 6.36. The highest BCUT2D eigenvalue weighted by molar-refractivity contribution is 5.95. The summed E-state index contributed by atoms with van der Waals surface area (Å²) in [5.74, 6) is -1.76. The number of primary amides is 1. The van der Waals surface area contributed by atoms with Gasteiger partial charge in [0, 0.05) is 17.3 Å².